The summed E-state index contributed by atoms with van der Waals surface area (Å²) < 4.78 is 16.6. The highest BCUT2D eigenvalue weighted by Crippen LogP contribution is 2.38. The molecule has 0 aliphatic carbocycles. The van der Waals surface area contributed by atoms with E-state index in [-0.39, 0.29) is 12.1 Å². The van der Waals surface area contributed by atoms with Gasteiger partial charge in [0.2, 0.25) is 0 Å². The number of likely N-dealkylation sites (tertiary alicyclic amines) is 1. The van der Waals surface area contributed by atoms with Crippen molar-refractivity contribution in [2.75, 3.05) is 46.1 Å². The van der Waals surface area contributed by atoms with Gasteiger partial charge >= 0.3 is 6.03 Å². The Morgan fingerprint density at radius 1 is 1.00 bits per heavy atom. The van der Waals surface area contributed by atoms with E-state index in [1.807, 2.05) is 21.9 Å². The van der Waals surface area contributed by atoms with Gasteiger partial charge in [-0.05, 0) is 30.5 Å². The Balaban J connectivity index is 1.54. The van der Waals surface area contributed by atoms with E-state index in [4.69, 9.17) is 14.2 Å². The first-order valence-electron chi connectivity index (χ1n) is 8.36. The first-order chi connectivity index (χ1) is 11.3. The summed E-state index contributed by atoms with van der Waals surface area (Å²) >= 11 is 0. The van der Waals surface area contributed by atoms with Crippen LogP contribution in [0.5, 0.6) is 11.5 Å². The van der Waals surface area contributed by atoms with Crippen LogP contribution in [0.1, 0.15) is 24.4 Å². The average Bonchev–Trinajstić information content (AvgIpc) is 3.11. The second-order valence-corrected chi connectivity index (χ2v) is 6.14. The molecule has 3 aliphatic heterocycles. The Kier molecular flexibility index (Phi) is 3.99. The van der Waals surface area contributed by atoms with Gasteiger partial charge in [-0.3, -0.25) is 0 Å². The molecule has 2 amide bonds. The van der Waals surface area contributed by atoms with Gasteiger partial charge in [-0.1, -0.05) is 6.07 Å². The number of hydrogen-bond donors (Lipinski definition) is 0. The average molecular weight is 318 g/mol. The van der Waals surface area contributed by atoms with E-state index in [0.29, 0.717) is 39.5 Å². The van der Waals surface area contributed by atoms with Crippen molar-refractivity contribution in [1.29, 1.82) is 0 Å². The zero-order chi connectivity index (χ0) is 15.6. The monoisotopic (exact) mass is 318 g/mol. The van der Waals surface area contributed by atoms with E-state index in [1.54, 1.807) is 0 Å². The molecule has 2 fully saturated rings. The van der Waals surface area contributed by atoms with Gasteiger partial charge in [-0.2, -0.15) is 0 Å². The van der Waals surface area contributed by atoms with Crippen molar-refractivity contribution in [3.63, 3.8) is 0 Å². The van der Waals surface area contributed by atoms with Crippen molar-refractivity contribution in [3.8, 4) is 11.5 Å². The molecule has 6 nitrogen and oxygen atoms in total. The highest BCUT2D eigenvalue weighted by atomic mass is 16.6. The van der Waals surface area contributed by atoms with Gasteiger partial charge in [0.25, 0.3) is 0 Å². The number of hydrogen-bond acceptors (Lipinski definition) is 4. The Morgan fingerprint density at radius 3 is 2.61 bits per heavy atom. The zero-order valence-electron chi connectivity index (χ0n) is 13.2. The molecule has 0 aromatic heterocycles. The third kappa shape index (κ3) is 2.83. The molecule has 1 aromatic rings. The lowest BCUT2D eigenvalue weighted by atomic mass is 10.0. The van der Waals surface area contributed by atoms with Crippen molar-refractivity contribution in [1.82, 2.24) is 9.80 Å². The standard InChI is InChI=1S/C17H22N2O4/c20-17(18-6-8-21-9-7-18)19-5-1-2-14(19)13-3-4-15-16(12-13)23-11-10-22-15/h3-4,12,14H,1-2,5-11H2/t14-/m1/s1. The quantitative estimate of drug-likeness (QED) is 0.795. The highest BCUT2D eigenvalue weighted by Gasteiger charge is 2.33. The topological polar surface area (TPSA) is 51.2 Å². The number of urea groups is 1. The van der Waals surface area contributed by atoms with Gasteiger partial charge in [0.15, 0.2) is 11.5 Å². The molecular formula is C17H22N2O4. The Morgan fingerprint density at radius 2 is 1.78 bits per heavy atom. The number of ether oxygens (including phenoxy) is 3. The van der Waals surface area contributed by atoms with Crippen molar-refractivity contribution >= 4 is 6.03 Å². The fourth-order valence-electron chi connectivity index (χ4n) is 3.55. The summed E-state index contributed by atoms with van der Waals surface area (Å²) in [5.41, 5.74) is 1.13. The summed E-state index contributed by atoms with van der Waals surface area (Å²) in [4.78, 5) is 16.7. The Labute approximate surface area is 135 Å². The molecule has 0 saturated carbocycles. The molecule has 3 heterocycles. The summed E-state index contributed by atoms with van der Waals surface area (Å²) in [7, 11) is 0. The maximum Gasteiger partial charge on any atom is 0.320 e. The maximum atomic E-state index is 12.8. The van der Waals surface area contributed by atoms with Gasteiger partial charge in [-0.25, -0.2) is 4.79 Å². The van der Waals surface area contributed by atoms with E-state index in [0.717, 1.165) is 36.4 Å². The molecular weight excluding hydrogens is 296 g/mol. The van der Waals surface area contributed by atoms with Gasteiger partial charge in [0, 0.05) is 19.6 Å². The summed E-state index contributed by atoms with van der Waals surface area (Å²) in [5.74, 6) is 1.59. The molecule has 0 bridgehead atoms. The third-order valence-electron chi connectivity index (χ3n) is 4.73. The predicted octanol–water partition coefficient (Wildman–Crippen LogP) is 2.05. The summed E-state index contributed by atoms with van der Waals surface area (Å²) in [6.07, 6.45) is 2.03. The van der Waals surface area contributed by atoms with Gasteiger partial charge in [0.1, 0.15) is 13.2 Å². The summed E-state index contributed by atoms with van der Waals surface area (Å²) in [6, 6.07) is 6.30. The number of carbonyl (C=O) groups is 1. The number of morpholine rings is 1. The van der Waals surface area contributed by atoms with Crippen LogP contribution in [0.4, 0.5) is 4.79 Å². The number of amides is 2. The lowest BCUT2D eigenvalue weighted by Gasteiger charge is -2.34. The van der Waals surface area contributed by atoms with Crippen LogP contribution in [0.2, 0.25) is 0 Å². The van der Waals surface area contributed by atoms with E-state index in [1.165, 1.54) is 0 Å². The van der Waals surface area contributed by atoms with Crippen LogP contribution in [-0.4, -0.2) is 61.9 Å². The van der Waals surface area contributed by atoms with Gasteiger partial charge < -0.3 is 24.0 Å². The number of fused-ring (bicyclic) bond motifs is 1. The molecule has 0 N–H and O–H groups in total. The molecule has 0 spiro atoms. The second-order valence-electron chi connectivity index (χ2n) is 6.14. The Bertz CT molecular complexity index is 586. The molecule has 4 rings (SSSR count). The molecule has 124 valence electrons. The Hall–Kier alpha value is -1.95. The van der Waals surface area contributed by atoms with Crippen LogP contribution in [0.3, 0.4) is 0 Å². The molecule has 3 aliphatic rings. The van der Waals surface area contributed by atoms with Gasteiger partial charge in [0.05, 0.1) is 19.3 Å². The zero-order valence-corrected chi connectivity index (χ0v) is 13.2. The molecule has 1 atom stereocenters. The fraction of sp³-hybridized carbons (Fsp3) is 0.588. The molecule has 23 heavy (non-hydrogen) atoms. The largest absolute Gasteiger partial charge is 0.486 e. The van der Waals surface area contributed by atoms with E-state index in [2.05, 4.69) is 6.07 Å². The number of benzene rings is 1. The number of rotatable bonds is 1. The normalized spacial score (nSPS) is 23.9. The van der Waals surface area contributed by atoms with Crippen molar-refractivity contribution in [3.05, 3.63) is 23.8 Å². The SMILES string of the molecule is O=C(N1CCOCC1)N1CCC[C@@H]1c1ccc2c(c1)OCCO2. The fourth-order valence-corrected chi connectivity index (χ4v) is 3.55. The molecule has 6 heteroatoms. The van der Waals surface area contributed by atoms with Crippen LogP contribution in [0.15, 0.2) is 18.2 Å². The molecule has 0 radical (unpaired) electrons. The van der Waals surface area contributed by atoms with Crippen LogP contribution in [-0.2, 0) is 4.74 Å². The van der Waals surface area contributed by atoms with Crippen LogP contribution >= 0.6 is 0 Å². The van der Waals surface area contributed by atoms with E-state index in [9.17, 15) is 4.79 Å². The molecule has 0 unspecified atom stereocenters. The minimum absolute atomic E-state index is 0.126. The lowest BCUT2D eigenvalue weighted by molar-refractivity contribution is 0.0421. The second kappa shape index (κ2) is 6.28. The maximum absolute atomic E-state index is 12.8. The summed E-state index contributed by atoms with van der Waals surface area (Å²) in [6.45, 7) is 4.62. The van der Waals surface area contributed by atoms with Crippen LogP contribution in [0, 0.1) is 0 Å². The smallest absolute Gasteiger partial charge is 0.320 e. The van der Waals surface area contributed by atoms with Crippen molar-refractivity contribution in [2.24, 2.45) is 0 Å². The minimum Gasteiger partial charge on any atom is -0.486 e. The molecule has 1 aromatic carbocycles. The van der Waals surface area contributed by atoms with Crippen LogP contribution in [0.25, 0.3) is 0 Å². The van der Waals surface area contributed by atoms with Gasteiger partial charge in [-0.15, -0.1) is 0 Å². The minimum atomic E-state index is 0.126. The first kappa shape index (κ1) is 14.6. The van der Waals surface area contributed by atoms with Crippen LogP contribution < -0.4 is 9.47 Å². The number of carbonyl (C=O) groups excluding carboxylic acids is 1. The predicted molar refractivity (Wildman–Crippen MR) is 83.9 cm³/mol. The third-order valence-corrected chi connectivity index (χ3v) is 4.73. The van der Waals surface area contributed by atoms with E-state index < -0.39 is 0 Å². The molecule has 2 saturated heterocycles. The highest BCUT2D eigenvalue weighted by molar-refractivity contribution is 5.75. The van der Waals surface area contributed by atoms with Crippen molar-refractivity contribution < 1.29 is 19.0 Å². The lowest BCUT2D eigenvalue weighted by Crippen LogP contribution is -2.47. The first-order valence-corrected chi connectivity index (χ1v) is 8.36. The summed E-state index contributed by atoms with van der Waals surface area (Å²) in [5, 5.41) is 0. The number of nitrogens with zero attached hydrogens (tertiary/aromatic N) is 2. The van der Waals surface area contributed by atoms with Crippen molar-refractivity contribution in [2.45, 2.75) is 18.9 Å². The van der Waals surface area contributed by atoms with E-state index >= 15 is 0 Å².